The lowest BCUT2D eigenvalue weighted by Gasteiger charge is -2.18. The molecule has 0 fully saturated rings. The van der Waals surface area contributed by atoms with E-state index in [-0.39, 0.29) is 91.3 Å². The summed E-state index contributed by atoms with van der Waals surface area (Å²) < 4.78 is 60.1. The van der Waals surface area contributed by atoms with Crippen LogP contribution >= 0.6 is 0 Å². The molecule has 6 aromatic carbocycles. The fourth-order valence-electron chi connectivity index (χ4n) is 7.56. The van der Waals surface area contributed by atoms with Gasteiger partial charge in [0.05, 0.1) is 69.3 Å². The highest BCUT2D eigenvalue weighted by Gasteiger charge is 2.44. The molecule has 18 heteroatoms. The fourth-order valence-corrected chi connectivity index (χ4v) is 7.56. The Morgan fingerprint density at radius 3 is 1.21 bits per heavy atom. The number of carboxylic acid groups (broad SMARTS) is 2. The third-order valence-corrected chi connectivity index (χ3v) is 10.3. The number of aromatic carboxylic acids is 2. The van der Waals surface area contributed by atoms with Crippen molar-refractivity contribution in [1.29, 1.82) is 0 Å². The van der Waals surface area contributed by atoms with Crippen LogP contribution in [0.5, 0.6) is 23.0 Å². The van der Waals surface area contributed by atoms with Crippen LogP contribution in [0.15, 0.2) is 84.9 Å². The van der Waals surface area contributed by atoms with Crippen LogP contribution in [0.3, 0.4) is 0 Å². The number of benzene rings is 6. The van der Waals surface area contributed by atoms with Crippen molar-refractivity contribution in [2.45, 2.75) is 54.4 Å². The van der Waals surface area contributed by atoms with E-state index >= 15 is 0 Å². The van der Waals surface area contributed by atoms with Gasteiger partial charge in [0.1, 0.15) is 45.8 Å². The quantitative estimate of drug-likeness (QED) is 0.0440. The number of esters is 2. The highest BCUT2D eigenvalue weighted by atomic mass is 19.1. The first-order valence-electron chi connectivity index (χ1n) is 22.3. The molecule has 0 spiro atoms. The second-order valence-electron chi connectivity index (χ2n) is 14.8. The number of hydrogen-bond acceptors (Lipinski definition) is 13. The maximum atomic E-state index is 14.8. The zero-order valence-corrected chi connectivity index (χ0v) is 39.3. The van der Waals surface area contributed by atoms with E-state index in [1.54, 1.807) is 84.0 Å². The largest absolute Gasteiger partial charge is 0.492 e. The monoisotopic (exact) mass is 966 g/mol. The van der Waals surface area contributed by atoms with Crippen LogP contribution in [0.4, 0.5) is 20.2 Å². The van der Waals surface area contributed by atoms with Gasteiger partial charge in [-0.25, -0.2) is 23.3 Å². The summed E-state index contributed by atoms with van der Waals surface area (Å²) in [6.45, 7) is 11.8. The highest BCUT2D eigenvalue weighted by molar-refractivity contribution is 6.38. The predicted molar refractivity (Wildman–Crippen MR) is 256 cm³/mol. The number of ether oxygens (including phenoxy) is 6. The number of rotatable bonds is 17. The Morgan fingerprint density at radius 1 is 0.514 bits per heavy atom. The summed E-state index contributed by atoms with van der Waals surface area (Å²) in [5.41, 5.74) is 5.55. The van der Waals surface area contributed by atoms with Gasteiger partial charge in [-0.2, -0.15) is 0 Å². The molecule has 0 aliphatic carbocycles. The van der Waals surface area contributed by atoms with Gasteiger partial charge in [-0.1, -0.05) is 60.7 Å². The summed E-state index contributed by atoms with van der Waals surface area (Å²) in [5, 5.41) is 21.3. The maximum Gasteiger partial charge on any atom is 0.340 e. The lowest BCUT2D eigenvalue weighted by atomic mass is 9.97. The minimum absolute atomic E-state index is 0.0465. The van der Waals surface area contributed by atoms with E-state index in [4.69, 9.17) is 34.2 Å². The summed E-state index contributed by atoms with van der Waals surface area (Å²) >= 11 is 0. The molecule has 1 heterocycles. The number of anilines is 2. The van der Waals surface area contributed by atoms with Gasteiger partial charge in [0.15, 0.2) is 0 Å². The van der Waals surface area contributed by atoms with Gasteiger partial charge in [-0.3, -0.25) is 19.2 Å². The van der Waals surface area contributed by atoms with Gasteiger partial charge in [0.25, 0.3) is 11.8 Å². The SMILES string of the molecule is CCOC(=O)Cc1ccc(N)cc1F.CCOC(=O)Cc1ccc(N2C(=O)c3c(c(OCC)c4ccccc4c3OCC)C2=O)cc1F.CCOc1c(C(=O)O)c(C(=O)O)c(OCC)c2ccccc12. The van der Waals surface area contributed by atoms with Crippen LogP contribution in [0.2, 0.25) is 0 Å². The van der Waals surface area contributed by atoms with Gasteiger partial charge in [0.2, 0.25) is 0 Å². The van der Waals surface area contributed by atoms with Crippen LogP contribution in [0.25, 0.3) is 21.5 Å². The van der Waals surface area contributed by atoms with Crippen LogP contribution in [-0.2, 0) is 31.9 Å². The second-order valence-corrected chi connectivity index (χ2v) is 14.8. The number of nitrogen functional groups attached to an aromatic ring is 1. The maximum absolute atomic E-state index is 14.8. The number of hydrogen-bond donors (Lipinski definition) is 3. The zero-order chi connectivity index (χ0) is 51.2. The first kappa shape index (κ1) is 52.7. The Hall–Kier alpha value is -8.28. The smallest absolute Gasteiger partial charge is 0.340 e. The van der Waals surface area contributed by atoms with E-state index in [0.717, 1.165) is 11.0 Å². The molecule has 7 rings (SSSR count). The van der Waals surface area contributed by atoms with Crippen molar-refractivity contribution in [2.24, 2.45) is 0 Å². The molecule has 70 heavy (non-hydrogen) atoms. The molecular weight excluding hydrogens is 915 g/mol. The zero-order valence-electron chi connectivity index (χ0n) is 39.3. The molecule has 0 bridgehead atoms. The molecule has 0 aromatic heterocycles. The predicted octanol–water partition coefficient (Wildman–Crippen LogP) is 9.23. The molecule has 0 unspecified atom stereocenters. The number of amides is 2. The summed E-state index contributed by atoms with van der Waals surface area (Å²) in [6.07, 6.45) is -0.309. The van der Waals surface area contributed by atoms with Crippen molar-refractivity contribution in [3.8, 4) is 23.0 Å². The lowest BCUT2D eigenvalue weighted by Crippen LogP contribution is -2.29. The Bertz CT molecular complexity index is 2830. The van der Waals surface area contributed by atoms with Gasteiger partial charge in [0, 0.05) is 27.2 Å². The van der Waals surface area contributed by atoms with Gasteiger partial charge >= 0.3 is 23.9 Å². The second kappa shape index (κ2) is 24.1. The van der Waals surface area contributed by atoms with Crippen LogP contribution in [-0.4, -0.2) is 85.5 Å². The molecule has 0 saturated carbocycles. The van der Waals surface area contributed by atoms with E-state index in [2.05, 4.69) is 0 Å². The van der Waals surface area contributed by atoms with Crippen molar-refractivity contribution >= 4 is 68.6 Å². The van der Waals surface area contributed by atoms with Crippen molar-refractivity contribution in [3.05, 3.63) is 130 Å². The average Bonchev–Trinajstić information content (AvgIpc) is 3.58. The van der Waals surface area contributed by atoms with E-state index in [1.165, 1.54) is 24.3 Å². The number of imide groups is 1. The minimum Gasteiger partial charge on any atom is -0.492 e. The number of carbonyl (C=O) groups is 6. The normalized spacial score (nSPS) is 11.5. The minimum atomic E-state index is -1.37. The summed E-state index contributed by atoms with van der Waals surface area (Å²) in [5.74, 6) is -5.52. The first-order chi connectivity index (χ1) is 33.6. The third-order valence-electron chi connectivity index (χ3n) is 10.3. The van der Waals surface area contributed by atoms with Gasteiger partial charge in [-0.05, 0) is 76.9 Å². The van der Waals surface area contributed by atoms with Crippen LogP contribution in [0, 0.1) is 11.6 Å². The van der Waals surface area contributed by atoms with Crippen LogP contribution in [0.1, 0.15) is 94.1 Å². The van der Waals surface area contributed by atoms with Crippen molar-refractivity contribution in [2.75, 3.05) is 50.3 Å². The Labute approximate surface area is 401 Å². The Morgan fingerprint density at radius 2 is 0.871 bits per heavy atom. The number of halogens is 2. The third kappa shape index (κ3) is 11.5. The van der Waals surface area contributed by atoms with E-state index in [0.29, 0.717) is 39.4 Å². The number of nitrogens with two attached hydrogens (primary N) is 1. The summed E-state index contributed by atoms with van der Waals surface area (Å²) in [4.78, 5) is 74.0. The molecule has 6 aromatic rings. The standard InChI is InChI=1S/C26H24FNO6.C16H16O6.C10H12FNO2/c1-4-32-20(29)13-15-11-12-16(14-19(15)27)28-25(30)21-22(26(28)31)24(34-6-3)18-10-8-7-9-17(18)23(21)33-5-2;1-3-21-13-9-7-5-6-8-10(9)14(22-4-2)12(16(19)20)11(13)15(17)18;1-2-14-10(13)5-7-3-4-8(12)6-9(7)11/h7-12,14H,4-6,13H2,1-3H3;5-8H,3-4H2,1-2H3,(H,17,18)(H,19,20);3-4,6H,2,5,12H2,1H3. The lowest BCUT2D eigenvalue weighted by molar-refractivity contribution is -0.143. The fraction of sp³-hybridized carbons (Fsp3) is 0.269. The van der Waals surface area contributed by atoms with Crippen molar-refractivity contribution < 1.29 is 76.2 Å². The van der Waals surface area contributed by atoms with Crippen molar-refractivity contribution in [3.63, 3.8) is 0 Å². The molecule has 4 N–H and O–H groups in total. The molecule has 368 valence electrons. The number of carbonyl (C=O) groups excluding carboxylic acids is 4. The van der Waals surface area contributed by atoms with Gasteiger partial charge < -0.3 is 44.4 Å². The molecule has 16 nitrogen and oxygen atoms in total. The topological polar surface area (TPSA) is 228 Å². The summed E-state index contributed by atoms with van der Waals surface area (Å²) in [7, 11) is 0. The van der Waals surface area contributed by atoms with E-state index < -0.39 is 58.5 Å². The van der Waals surface area contributed by atoms with Gasteiger partial charge in [-0.15, -0.1) is 0 Å². The molecule has 0 saturated heterocycles. The molecule has 1 aliphatic heterocycles. The van der Waals surface area contributed by atoms with Crippen LogP contribution < -0.4 is 29.6 Å². The molecule has 0 radical (unpaired) electrons. The van der Waals surface area contributed by atoms with E-state index in [1.807, 2.05) is 12.1 Å². The van der Waals surface area contributed by atoms with Crippen molar-refractivity contribution in [1.82, 2.24) is 0 Å². The molecule has 2 amide bonds. The number of nitrogens with zero attached hydrogens (tertiary/aromatic N) is 1. The number of fused-ring (bicyclic) bond motifs is 3. The molecule has 0 atom stereocenters. The highest BCUT2D eigenvalue weighted by Crippen LogP contribution is 2.46. The Kier molecular flexibility index (Phi) is 18.2. The Balaban J connectivity index is 0.000000217. The molecular formula is C52H52F2N2O14. The average molecular weight is 967 g/mol. The summed E-state index contributed by atoms with van der Waals surface area (Å²) in [6, 6.07) is 22.1. The van der Waals surface area contributed by atoms with E-state index in [9.17, 15) is 47.8 Å². The molecule has 1 aliphatic rings. The number of carboxylic acids is 2. The first-order valence-corrected chi connectivity index (χ1v) is 22.3.